The van der Waals surface area contributed by atoms with Crippen LogP contribution in [0.2, 0.25) is 0 Å². The molecule has 1 saturated heterocycles. The Morgan fingerprint density at radius 3 is 3.14 bits per heavy atom. The van der Waals surface area contributed by atoms with Gasteiger partial charge in [0.05, 0.1) is 6.10 Å². The monoisotopic (exact) mass is 200 g/mol. The Morgan fingerprint density at radius 2 is 2.43 bits per heavy atom. The molecule has 0 bridgehead atoms. The fraction of sp³-hybridized carbons (Fsp3) is 0.900. The van der Waals surface area contributed by atoms with Crippen molar-refractivity contribution in [2.75, 3.05) is 26.2 Å². The van der Waals surface area contributed by atoms with E-state index in [9.17, 15) is 4.79 Å². The van der Waals surface area contributed by atoms with E-state index in [1.54, 1.807) is 0 Å². The van der Waals surface area contributed by atoms with Crippen molar-refractivity contribution in [1.82, 2.24) is 4.90 Å². The van der Waals surface area contributed by atoms with Crippen LogP contribution in [0.3, 0.4) is 0 Å². The molecule has 1 aliphatic heterocycles. The Hall–Kier alpha value is -0.610. The van der Waals surface area contributed by atoms with Crippen molar-refractivity contribution in [3.8, 4) is 0 Å². The zero-order valence-electron chi connectivity index (χ0n) is 8.87. The maximum Gasteiger partial charge on any atom is 0.222 e. The maximum atomic E-state index is 11.7. The minimum Gasteiger partial charge on any atom is -0.377 e. The quantitative estimate of drug-likeness (QED) is 0.715. The van der Waals surface area contributed by atoms with Gasteiger partial charge in [0.1, 0.15) is 0 Å². The van der Waals surface area contributed by atoms with E-state index in [0.29, 0.717) is 13.0 Å². The SMILES string of the molecule is CC1CN(C(=O)CCCN)CCCO1. The highest BCUT2D eigenvalue weighted by Crippen LogP contribution is 2.07. The molecule has 82 valence electrons. The average Bonchev–Trinajstić information content (AvgIpc) is 2.39. The zero-order chi connectivity index (χ0) is 10.4. The standard InChI is InChI=1S/C10H20N2O2/c1-9-8-12(6-3-7-14-9)10(13)4-2-5-11/h9H,2-8,11H2,1H3. The Balaban J connectivity index is 2.36. The van der Waals surface area contributed by atoms with Gasteiger partial charge in [-0.1, -0.05) is 0 Å². The summed E-state index contributed by atoms with van der Waals surface area (Å²) < 4.78 is 5.47. The van der Waals surface area contributed by atoms with Gasteiger partial charge in [-0.3, -0.25) is 4.79 Å². The summed E-state index contributed by atoms with van der Waals surface area (Å²) in [7, 11) is 0. The second-order valence-electron chi connectivity index (χ2n) is 3.77. The second kappa shape index (κ2) is 5.98. The van der Waals surface area contributed by atoms with E-state index in [2.05, 4.69) is 0 Å². The van der Waals surface area contributed by atoms with E-state index < -0.39 is 0 Å². The number of nitrogens with zero attached hydrogens (tertiary/aromatic N) is 1. The third-order valence-electron chi connectivity index (χ3n) is 2.40. The minimum atomic E-state index is 0.166. The first-order chi connectivity index (χ1) is 6.74. The van der Waals surface area contributed by atoms with Crippen molar-refractivity contribution in [1.29, 1.82) is 0 Å². The Morgan fingerprint density at radius 1 is 1.64 bits per heavy atom. The van der Waals surface area contributed by atoms with Crippen molar-refractivity contribution in [3.05, 3.63) is 0 Å². The molecule has 0 aromatic carbocycles. The molecule has 1 unspecified atom stereocenters. The molecule has 0 radical (unpaired) electrons. The van der Waals surface area contributed by atoms with E-state index in [1.807, 2.05) is 11.8 Å². The van der Waals surface area contributed by atoms with Gasteiger partial charge in [-0.2, -0.15) is 0 Å². The van der Waals surface area contributed by atoms with Crippen LogP contribution < -0.4 is 5.73 Å². The number of hydrogen-bond donors (Lipinski definition) is 1. The smallest absolute Gasteiger partial charge is 0.222 e. The molecule has 0 aliphatic carbocycles. The molecule has 4 heteroatoms. The van der Waals surface area contributed by atoms with Crippen molar-refractivity contribution < 1.29 is 9.53 Å². The lowest BCUT2D eigenvalue weighted by Gasteiger charge is -2.21. The first kappa shape index (κ1) is 11.5. The third-order valence-corrected chi connectivity index (χ3v) is 2.40. The Bertz CT molecular complexity index is 185. The first-order valence-electron chi connectivity index (χ1n) is 5.33. The molecule has 1 atom stereocenters. The van der Waals surface area contributed by atoms with Gasteiger partial charge in [0, 0.05) is 26.1 Å². The molecule has 1 aliphatic rings. The summed E-state index contributed by atoms with van der Waals surface area (Å²) in [5.74, 6) is 0.216. The van der Waals surface area contributed by atoms with Crippen molar-refractivity contribution in [2.24, 2.45) is 5.73 Å². The van der Waals surface area contributed by atoms with Crippen LogP contribution in [0, 0.1) is 0 Å². The maximum absolute atomic E-state index is 11.7. The molecule has 4 nitrogen and oxygen atoms in total. The van der Waals surface area contributed by atoms with E-state index in [0.717, 1.165) is 32.5 Å². The van der Waals surface area contributed by atoms with Gasteiger partial charge in [0.25, 0.3) is 0 Å². The topological polar surface area (TPSA) is 55.6 Å². The van der Waals surface area contributed by atoms with Gasteiger partial charge >= 0.3 is 0 Å². The average molecular weight is 200 g/mol. The first-order valence-corrected chi connectivity index (χ1v) is 5.33. The number of amides is 1. The summed E-state index contributed by atoms with van der Waals surface area (Å²) in [5.41, 5.74) is 5.37. The molecule has 2 N–H and O–H groups in total. The summed E-state index contributed by atoms with van der Waals surface area (Å²) in [6, 6.07) is 0. The summed E-state index contributed by atoms with van der Waals surface area (Å²) in [4.78, 5) is 13.6. The normalized spacial score (nSPS) is 23.3. The van der Waals surface area contributed by atoms with Crippen LogP contribution in [0.5, 0.6) is 0 Å². The molecule has 1 amide bonds. The molecule has 14 heavy (non-hydrogen) atoms. The lowest BCUT2D eigenvalue weighted by Crippen LogP contribution is -2.36. The number of carbonyl (C=O) groups excluding carboxylic acids is 1. The molecule has 0 saturated carbocycles. The Kier molecular flexibility index (Phi) is 4.90. The predicted molar refractivity (Wildman–Crippen MR) is 54.9 cm³/mol. The van der Waals surface area contributed by atoms with Crippen LogP contribution in [-0.4, -0.2) is 43.2 Å². The van der Waals surface area contributed by atoms with Crippen molar-refractivity contribution >= 4 is 5.91 Å². The third kappa shape index (κ3) is 3.64. The number of nitrogens with two attached hydrogens (primary N) is 1. The zero-order valence-corrected chi connectivity index (χ0v) is 8.87. The highest BCUT2D eigenvalue weighted by atomic mass is 16.5. The number of rotatable bonds is 3. The lowest BCUT2D eigenvalue weighted by atomic mass is 10.2. The van der Waals surface area contributed by atoms with E-state index in [4.69, 9.17) is 10.5 Å². The Labute approximate surface area is 85.4 Å². The summed E-state index contributed by atoms with van der Waals surface area (Å²) >= 11 is 0. The van der Waals surface area contributed by atoms with E-state index >= 15 is 0 Å². The molecule has 0 aromatic heterocycles. The van der Waals surface area contributed by atoms with Crippen LogP contribution >= 0.6 is 0 Å². The lowest BCUT2D eigenvalue weighted by molar-refractivity contribution is -0.131. The van der Waals surface area contributed by atoms with Crippen molar-refractivity contribution in [3.63, 3.8) is 0 Å². The summed E-state index contributed by atoms with van der Waals surface area (Å²) in [6.07, 6.45) is 2.46. The second-order valence-corrected chi connectivity index (χ2v) is 3.77. The molecule has 1 rings (SSSR count). The minimum absolute atomic E-state index is 0.166. The molecule has 0 spiro atoms. The fourth-order valence-corrected chi connectivity index (χ4v) is 1.63. The van der Waals surface area contributed by atoms with Crippen molar-refractivity contribution in [2.45, 2.75) is 32.3 Å². The number of carbonyl (C=O) groups is 1. The van der Waals surface area contributed by atoms with E-state index in [1.165, 1.54) is 0 Å². The van der Waals surface area contributed by atoms with Gasteiger partial charge in [-0.25, -0.2) is 0 Å². The van der Waals surface area contributed by atoms with Gasteiger partial charge in [0.15, 0.2) is 0 Å². The highest BCUT2D eigenvalue weighted by molar-refractivity contribution is 5.76. The predicted octanol–water partition coefficient (Wildman–Crippen LogP) is 0.363. The van der Waals surface area contributed by atoms with Crippen LogP contribution in [0.4, 0.5) is 0 Å². The van der Waals surface area contributed by atoms with Crippen LogP contribution in [-0.2, 0) is 9.53 Å². The van der Waals surface area contributed by atoms with Crippen LogP contribution in [0.25, 0.3) is 0 Å². The summed E-state index contributed by atoms with van der Waals surface area (Å²) in [6.45, 7) is 4.92. The summed E-state index contributed by atoms with van der Waals surface area (Å²) in [5, 5.41) is 0. The largest absolute Gasteiger partial charge is 0.377 e. The molecule has 1 heterocycles. The molecular formula is C10H20N2O2. The van der Waals surface area contributed by atoms with Gasteiger partial charge in [-0.05, 0) is 26.3 Å². The van der Waals surface area contributed by atoms with Crippen LogP contribution in [0.1, 0.15) is 26.2 Å². The highest BCUT2D eigenvalue weighted by Gasteiger charge is 2.18. The fourth-order valence-electron chi connectivity index (χ4n) is 1.63. The number of hydrogen-bond acceptors (Lipinski definition) is 3. The van der Waals surface area contributed by atoms with Gasteiger partial charge in [-0.15, -0.1) is 0 Å². The molecular weight excluding hydrogens is 180 g/mol. The number of ether oxygens (including phenoxy) is 1. The molecule has 0 aromatic rings. The molecule has 1 fully saturated rings. The van der Waals surface area contributed by atoms with Gasteiger partial charge in [0.2, 0.25) is 5.91 Å². The van der Waals surface area contributed by atoms with Gasteiger partial charge < -0.3 is 15.4 Å². The van der Waals surface area contributed by atoms with E-state index in [-0.39, 0.29) is 12.0 Å². The van der Waals surface area contributed by atoms with Crippen LogP contribution in [0.15, 0.2) is 0 Å².